The van der Waals surface area contributed by atoms with Gasteiger partial charge in [-0.2, -0.15) is 0 Å². The quantitative estimate of drug-likeness (QED) is 0.103. The summed E-state index contributed by atoms with van der Waals surface area (Å²) in [6.07, 6.45) is 1.62. The first-order valence-electron chi connectivity index (χ1n) is 10.9. The van der Waals surface area contributed by atoms with Gasteiger partial charge < -0.3 is 9.47 Å². The van der Waals surface area contributed by atoms with Gasteiger partial charge in [0.2, 0.25) is 0 Å². The van der Waals surface area contributed by atoms with Crippen LogP contribution in [0.1, 0.15) is 26.7 Å². The summed E-state index contributed by atoms with van der Waals surface area (Å²) in [6, 6.07) is 13.2. The summed E-state index contributed by atoms with van der Waals surface area (Å²) in [5, 5.41) is 0. The highest BCUT2D eigenvalue weighted by Crippen LogP contribution is 2.50. The zero-order chi connectivity index (χ0) is 24.5. The van der Waals surface area contributed by atoms with Gasteiger partial charge in [0, 0.05) is 52.0 Å². The van der Waals surface area contributed by atoms with Crippen LogP contribution in [-0.2, 0) is 19.1 Å². The highest BCUT2D eigenvalue weighted by atomic mass is 32.2. The maximum atomic E-state index is 11.4. The monoisotopic (exact) mass is 532 g/mol. The van der Waals surface area contributed by atoms with E-state index >= 15 is 0 Å². The van der Waals surface area contributed by atoms with E-state index in [1.165, 1.54) is 29.4 Å². The van der Waals surface area contributed by atoms with Crippen molar-refractivity contribution in [3.05, 3.63) is 60.7 Å². The first kappa shape index (κ1) is 26.9. The molecular weight excluding hydrogens is 505 g/mol. The van der Waals surface area contributed by atoms with Crippen molar-refractivity contribution in [1.29, 1.82) is 0 Å². The first-order chi connectivity index (χ1) is 16.3. The third kappa shape index (κ3) is 8.18. The molecule has 1 aliphatic heterocycles. The average molecular weight is 533 g/mol. The van der Waals surface area contributed by atoms with E-state index in [9.17, 15) is 9.59 Å². The molecule has 2 aromatic carbocycles. The fraction of sp³-hybridized carbons (Fsp3) is 0.308. The summed E-state index contributed by atoms with van der Waals surface area (Å²) < 4.78 is 10.3. The minimum Gasteiger partial charge on any atom is -0.462 e. The number of benzene rings is 2. The number of thioether (sulfide) groups is 2. The number of hydrogen-bond donors (Lipinski definition) is 0. The number of hydrogen-bond acceptors (Lipinski definition) is 8. The van der Waals surface area contributed by atoms with Crippen LogP contribution in [0.4, 0.5) is 0 Å². The first-order valence-corrected chi connectivity index (χ1v) is 14.5. The van der Waals surface area contributed by atoms with Gasteiger partial charge in [0.15, 0.2) is 0 Å². The van der Waals surface area contributed by atoms with E-state index in [0.717, 1.165) is 24.3 Å². The number of carbonyl (C=O) groups excluding carboxylic acids is 2. The van der Waals surface area contributed by atoms with Gasteiger partial charge in [0.1, 0.15) is 0 Å². The molecule has 1 heterocycles. The number of esters is 2. The number of fused-ring (bicyclic) bond motifs is 2. The lowest BCUT2D eigenvalue weighted by molar-refractivity contribution is -0.139. The smallest absolute Gasteiger partial charge is 0.333 e. The second-order valence-corrected chi connectivity index (χ2v) is 12.2. The number of ether oxygens (including phenoxy) is 2. The predicted octanol–water partition coefficient (Wildman–Crippen LogP) is 7.51. The van der Waals surface area contributed by atoms with Crippen LogP contribution in [0, 0.1) is 0 Å². The Morgan fingerprint density at radius 2 is 1.15 bits per heavy atom. The zero-order valence-corrected chi connectivity index (χ0v) is 22.7. The van der Waals surface area contributed by atoms with Crippen LogP contribution >= 0.6 is 47.0 Å². The molecule has 0 atom stereocenters. The fourth-order valence-corrected chi connectivity index (χ4v) is 6.95. The van der Waals surface area contributed by atoms with Gasteiger partial charge in [-0.25, -0.2) is 9.59 Å². The van der Waals surface area contributed by atoms with Gasteiger partial charge in [0.25, 0.3) is 0 Å². The molecule has 0 unspecified atom stereocenters. The van der Waals surface area contributed by atoms with Crippen molar-refractivity contribution in [2.45, 2.75) is 56.1 Å². The normalized spacial score (nSPS) is 11.8. The topological polar surface area (TPSA) is 52.6 Å². The third-order valence-electron chi connectivity index (χ3n) is 4.55. The molecule has 0 fully saturated rings. The molecule has 4 nitrogen and oxygen atoms in total. The second kappa shape index (κ2) is 13.4. The van der Waals surface area contributed by atoms with E-state index in [1.54, 1.807) is 60.9 Å². The van der Waals surface area contributed by atoms with Crippen LogP contribution in [0.15, 0.2) is 90.1 Å². The molecule has 0 spiro atoms. The molecule has 8 heteroatoms. The van der Waals surface area contributed by atoms with E-state index in [0.29, 0.717) is 24.4 Å². The van der Waals surface area contributed by atoms with E-state index in [1.807, 2.05) is 0 Å². The highest BCUT2D eigenvalue weighted by molar-refractivity contribution is 8.05. The maximum Gasteiger partial charge on any atom is 0.333 e. The SMILES string of the molecule is C=C(C)C(=O)OCCCSc1ccc2c(c1)Sc1ccc(SCCCOC(=O)C(=C)C)cc1S2. The van der Waals surface area contributed by atoms with Crippen LogP contribution in [0.3, 0.4) is 0 Å². The van der Waals surface area contributed by atoms with Crippen molar-refractivity contribution in [2.24, 2.45) is 0 Å². The molecule has 1 aliphatic rings. The molecule has 0 aromatic heterocycles. The van der Waals surface area contributed by atoms with Gasteiger partial charge in [-0.1, -0.05) is 36.7 Å². The number of carbonyl (C=O) groups is 2. The van der Waals surface area contributed by atoms with E-state index in [4.69, 9.17) is 9.47 Å². The van der Waals surface area contributed by atoms with Gasteiger partial charge in [-0.3, -0.25) is 0 Å². The number of rotatable bonds is 12. The van der Waals surface area contributed by atoms with Gasteiger partial charge >= 0.3 is 11.9 Å². The standard InChI is InChI=1S/C26H28O4S4/c1-17(2)25(27)29-11-5-13-31-19-7-9-21-23(15-19)33-22-10-8-20(16-24(22)34-21)32-14-6-12-30-26(28)18(3)4/h7-10,15-16H,1,3,5-6,11-14H2,2,4H3. The molecule has 0 bridgehead atoms. The minimum atomic E-state index is -0.323. The Morgan fingerprint density at radius 3 is 1.53 bits per heavy atom. The second-order valence-electron chi connectivity index (χ2n) is 7.66. The molecule has 0 saturated heterocycles. The summed E-state index contributed by atoms with van der Waals surface area (Å²) in [5.74, 6) is 1.14. The molecule has 34 heavy (non-hydrogen) atoms. The summed E-state index contributed by atoms with van der Waals surface area (Å²) in [7, 11) is 0. The predicted molar refractivity (Wildman–Crippen MR) is 143 cm³/mol. The Kier molecular flexibility index (Phi) is 10.6. The largest absolute Gasteiger partial charge is 0.462 e. The van der Waals surface area contributed by atoms with Crippen LogP contribution in [0.25, 0.3) is 0 Å². The molecule has 2 aromatic rings. The van der Waals surface area contributed by atoms with Crippen molar-refractivity contribution in [1.82, 2.24) is 0 Å². The summed E-state index contributed by atoms with van der Waals surface area (Å²) in [6.45, 7) is 11.3. The minimum absolute atomic E-state index is 0.323. The molecule has 0 radical (unpaired) electrons. The van der Waals surface area contributed by atoms with Crippen molar-refractivity contribution in [3.63, 3.8) is 0 Å². The summed E-state index contributed by atoms with van der Waals surface area (Å²) in [4.78, 5) is 30.4. The molecular formula is C26H28O4S4. The molecule has 180 valence electrons. The highest BCUT2D eigenvalue weighted by Gasteiger charge is 2.18. The fourth-order valence-electron chi connectivity index (χ4n) is 2.80. The van der Waals surface area contributed by atoms with E-state index in [-0.39, 0.29) is 11.9 Å². The summed E-state index contributed by atoms with van der Waals surface area (Å²) >= 11 is 7.17. The van der Waals surface area contributed by atoms with Gasteiger partial charge in [-0.05, 0) is 63.1 Å². The maximum absolute atomic E-state index is 11.4. The van der Waals surface area contributed by atoms with Crippen LogP contribution in [-0.4, -0.2) is 36.7 Å². The van der Waals surface area contributed by atoms with Crippen molar-refractivity contribution >= 4 is 59.0 Å². The van der Waals surface area contributed by atoms with Gasteiger partial charge in [-0.15, -0.1) is 23.5 Å². The Hall–Kier alpha value is -1.74. The lowest BCUT2D eigenvalue weighted by Crippen LogP contribution is -2.06. The average Bonchev–Trinajstić information content (AvgIpc) is 2.81. The van der Waals surface area contributed by atoms with Crippen LogP contribution in [0.2, 0.25) is 0 Å². The Balaban J connectivity index is 1.46. The zero-order valence-electron chi connectivity index (χ0n) is 19.4. The van der Waals surface area contributed by atoms with E-state index in [2.05, 4.69) is 49.6 Å². The Morgan fingerprint density at radius 1 is 0.735 bits per heavy atom. The van der Waals surface area contributed by atoms with Gasteiger partial charge in [0.05, 0.1) is 13.2 Å². The van der Waals surface area contributed by atoms with Crippen molar-refractivity contribution in [2.75, 3.05) is 24.7 Å². The van der Waals surface area contributed by atoms with Crippen molar-refractivity contribution in [3.8, 4) is 0 Å². The molecule has 0 saturated carbocycles. The van der Waals surface area contributed by atoms with Crippen LogP contribution < -0.4 is 0 Å². The van der Waals surface area contributed by atoms with E-state index < -0.39 is 0 Å². The molecule has 0 aliphatic carbocycles. The third-order valence-corrected chi connectivity index (χ3v) is 9.23. The molecule has 0 N–H and O–H groups in total. The lowest BCUT2D eigenvalue weighted by atomic mass is 10.3. The Labute approximate surface area is 218 Å². The molecule has 0 amide bonds. The van der Waals surface area contributed by atoms with Crippen LogP contribution in [0.5, 0.6) is 0 Å². The summed E-state index contributed by atoms with van der Waals surface area (Å²) in [5.41, 5.74) is 0.869. The van der Waals surface area contributed by atoms with Crippen molar-refractivity contribution < 1.29 is 19.1 Å². The Bertz CT molecular complexity index is 995. The lowest BCUT2D eigenvalue weighted by Gasteiger charge is -2.19. The molecule has 3 rings (SSSR count).